The number of rotatable bonds is 8. The van der Waals surface area contributed by atoms with Gasteiger partial charge in [0.1, 0.15) is 11.6 Å². The molecule has 1 aromatic carbocycles. The van der Waals surface area contributed by atoms with Crippen LogP contribution in [0.1, 0.15) is 22.4 Å². The molecular weight excluding hydrogens is 516 g/mol. The molecule has 0 bridgehead atoms. The van der Waals surface area contributed by atoms with E-state index in [9.17, 15) is 4.39 Å². The van der Waals surface area contributed by atoms with Gasteiger partial charge in [0.05, 0.1) is 11.6 Å². The molecule has 0 radical (unpaired) electrons. The van der Waals surface area contributed by atoms with Gasteiger partial charge in [-0.1, -0.05) is 6.07 Å². The minimum absolute atomic E-state index is 0. The van der Waals surface area contributed by atoms with Gasteiger partial charge >= 0.3 is 0 Å². The van der Waals surface area contributed by atoms with Crippen LogP contribution in [0.4, 0.5) is 4.39 Å². The largest absolute Gasteiger partial charge is 0.439 e. The van der Waals surface area contributed by atoms with Gasteiger partial charge in [0.15, 0.2) is 5.96 Å². The minimum Gasteiger partial charge on any atom is -0.439 e. The van der Waals surface area contributed by atoms with Crippen LogP contribution in [0.3, 0.4) is 0 Å². The zero-order valence-electron chi connectivity index (χ0n) is 16.9. The first kappa shape index (κ1) is 24.0. The average Bonchev–Trinajstić information content (AvgIpc) is 3.14. The van der Waals surface area contributed by atoms with Crippen molar-refractivity contribution >= 4 is 41.3 Å². The Labute approximate surface area is 197 Å². The highest BCUT2D eigenvalue weighted by molar-refractivity contribution is 14.0. The number of benzene rings is 1. The monoisotopic (exact) mass is 541 g/mol. The predicted molar refractivity (Wildman–Crippen MR) is 129 cm³/mol. The Bertz CT molecular complexity index is 931. The zero-order valence-corrected chi connectivity index (χ0v) is 20.0. The van der Waals surface area contributed by atoms with E-state index in [4.69, 9.17) is 4.74 Å². The molecule has 2 aromatic heterocycles. The number of aliphatic imine (C=N–C) groups is 1. The van der Waals surface area contributed by atoms with Crippen molar-refractivity contribution in [3.63, 3.8) is 0 Å². The Morgan fingerprint density at radius 1 is 1.10 bits per heavy atom. The van der Waals surface area contributed by atoms with E-state index in [-0.39, 0.29) is 29.8 Å². The first-order valence-corrected chi connectivity index (χ1v) is 10.3. The average molecular weight is 541 g/mol. The van der Waals surface area contributed by atoms with Crippen LogP contribution in [-0.2, 0) is 13.0 Å². The quantitative estimate of drug-likeness (QED) is 0.246. The lowest BCUT2D eigenvalue weighted by atomic mass is 10.3. The SMILES string of the molecule is CCNC(=NCc1ccc(Oc2ccc(F)cc2)nc1)NCCc1ncc(C)s1.I. The summed E-state index contributed by atoms with van der Waals surface area (Å²) in [4.78, 5) is 14.5. The molecule has 2 heterocycles. The van der Waals surface area contributed by atoms with Crippen molar-refractivity contribution in [2.75, 3.05) is 13.1 Å². The Kier molecular flexibility index (Phi) is 9.95. The van der Waals surface area contributed by atoms with Crippen LogP contribution in [-0.4, -0.2) is 29.0 Å². The summed E-state index contributed by atoms with van der Waals surface area (Å²) in [5.41, 5.74) is 0.962. The summed E-state index contributed by atoms with van der Waals surface area (Å²) in [6.45, 7) is 6.14. The first-order valence-electron chi connectivity index (χ1n) is 9.44. The van der Waals surface area contributed by atoms with Crippen molar-refractivity contribution in [2.45, 2.75) is 26.8 Å². The molecule has 0 unspecified atom stereocenters. The second kappa shape index (κ2) is 12.4. The van der Waals surface area contributed by atoms with Crippen molar-refractivity contribution in [3.05, 3.63) is 70.1 Å². The Morgan fingerprint density at radius 2 is 1.90 bits per heavy atom. The van der Waals surface area contributed by atoms with Crippen molar-refractivity contribution in [1.82, 2.24) is 20.6 Å². The molecule has 2 N–H and O–H groups in total. The molecule has 0 aliphatic carbocycles. The van der Waals surface area contributed by atoms with Crippen LogP contribution in [0.5, 0.6) is 11.6 Å². The highest BCUT2D eigenvalue weighted by atomic mass is 127. The summed E-state index contributed by atoms with van der Waals surface area (Å²) in [5, 5.41) is 7.68. The van der Waals surface area contributed by atoms with Gasteiger partial charge in [0, 0.05) is 42.8 Å². The molecule has 0 aliphatic heterocycles. The van der Waals surface area contributed by atoms with Crippen molar-refractivity contribution in [3.8, 4) is 11.6 Å². The van der Waals surface area contributed by atoms with Crippen molar-refractivity contribution in [2.24, 2.45) is 4.99 Å². The summed E-state index contributed by atoms with van der Waals surface area (Å²) in [5.74, 6) is 1.45. The van der Waals surface area contributed by atoms with Gasteiger partial charge in [0.25, 0.3) is 0 Å². The van der Waals surface area contributed by atoms with Gasteiger partial charge in [-0.15, -0.1) is 35.3 Å². The van der Waals surface area contributed by atoms with E-state index < -0.39 is 0 Å². The summed E-state index contributed by atoms with van der Waals surface area (Å²) < 4.78 is 18.6. The molecule has 9 heteroatoms. The standard InChI is InChI=1S/C21H24FN5OS.HI/c1-3-23-21(24-11-10-20-26-12-15(2)29-20)27-14-16-4-9-19(25-13-16)28-18-7-5-17(22)6-8-18;/h4-9,12-13H,3,10-11,14H2,1-2H3,(H2,23,24,27);1H. The van der Waals surface area contributed by atoms with Gasteiger partial charge in [-0.3, -0.25) is 0 Å². The van der Waals surface area contributed by atoms with Gasteiger partial charge in [-0.25, -0.2) is 19.4 Å². The number of guanidine groups is 1. The van der Waals surface area contributed by atoms with E-state index in [1.165, 1.54) is 17.0 Å². The normalized spacial score (nSPS) is 11.0. The van der Waals surface area contributed by atoms with E-state index >= 15 is 0 Å². The second-order valence-corrected chi connectivity index (χ2v) is 7.62. The molecule has 6 nitrogen and oxygen atoms in total. The number of thiazole rings is 1. The van der Waals surface area contributed by atoms with Crippen molar-refractivity contribution in [1.29, 1.82) is 0 Å². The second-order valence-electron chi connectivity index (χ2n) is 6.30. The number of aryl methyl sites for hydroxylation is 1. The molecule has 3 rings (SSSR count). The van der Waals surface area contributed by atoms with Gasteiger partial charge in [-0.05, 0) is 43.7 Å². The molecule has 0 spiro atoms. The van der Waals surface area contributed by atoms with Crippen LogP contribution >= 0.6 is 35.3 Å². The third-order valence-corrected chi connectivity index (χ3v) is 4.87. The molecule has 0 amide bonds. The fourth-order valence-electron chi connectivity index (χ4n) is 2.51. The fourth-order valence-corrected chi connectivity index (χ4v) is 3.29. The molecule has 160 valence electrons. The number of hydrogen-bond donors (Lipinski definition) is 2. The number of ether oxygens (including phenoxy) is 1. The van der Waals surface area contributed by atoms with Gasteiger partial charge in [0.2, 0.25) is 5.88 Å². The number of aromatic nitrogens is 2. The smallest absolute Gasteiger partial charge is 0.219 e. The maximum Gasteiger partial charge on any atom is 0.219 e. The Hall–Kier alpha value is -2.27. The lowest BCUT2D eigenvalue weighted by Gasteiger charge is -2.10. The molecule has 0 saturated carbocycles. The molecule has 0 atom stereocenters. The van der Waals surface area contributed by atoms with Crippen LogP contribution in [0.2, 0.25) is 0 Å². The summed E-state index contributed by atoms with van der Waals surface area (Å²) >= 11 is 1.72. The highest BCUT2D eigenvalue weighted by Crippen LogP contribution is 2.19. The van der Waals surface area contributed by atoms with E-state index in [0.717, 1.165) is 36.0 Å². The van der Waals surface area contributed by atoms with Crippen LogP contribution in [0, 0.1) is 12.7 Å². The summed E-state index contributed by atoms with van der Waals surface area (Å²) in [6, 6.07) is 9.52. The van der Waals surface area contributed by atoms with E-state index in [1.807, 2.05) is 19.2 Å². The molecule has 30 heavy (non-hydrogen) atoms. The number of nitrogens with zero attached hydrogens (tertiary/aromatic N) is 3. The first-order chi connectivity index (χ1) is 14.1. The lowest BCUT2D eigenvalue weighted by molar-refractivity contribution is 0.461. The van der Waals surface area contributed by atoms with E-state index in [2.05, 4.69) is 32.5 Å². The molecular formula is C21H25FIN5OS. The van der Waals surface area contributed by atoms with Crippen LogP contribution in [0.25, 0.3) is 0 Å². The number of pyridine rings is 1. The van der Waals surface area contributed by atoms with E-state index in [1.54, 1.807) is 35.7 Å². The maximum absolute atomic E-state index is 13.0. The molecule has 3 aromatic rings. The van der Waals surface area contributed by atoms with Crippen molar-refractivity contribution < 1.29 is 9.13 Å². The summed E-state index contributed by atoms with van der Waals surface area (Å²) in [7, 11) is 0. The van der Waals surface area contributed by atoms with E-state index in [0.29, 0.717) is 18.2 Å². The zero-order chi connectivity index (χ0) is 20.5. The van der Waals surface area contributed by atoms with Crippen LogP contribution < -0.4 is 15.4 Å². The van der Waals surface area contributed by atoms with Crippen LogP contribution in [0.15, 0.2) is 53.8 Å². The number of hydrogen-bond acceptors (Lipinski definition) is 5. The Morgan fingerprint density at radius 3 is 2.53 bits per heavy atom. The number of nitrogens with one attached hydrogen (secondary N) is 2. The fraction of sp³-hybridized carbons (Fsp3) is 0.286. The minimum atomic E-state index is -0.301. The third kappa shape index (κ3) is 7.86. The summed E-state index contributed by atoms with van der Waals surface area (Å²) in [6.07, 6.45) is 4.49. The predicted octanol–water partition coefficient (Wildman–Crippen LogP) is 4.69. The Balaban J connectivity index is 0.00000320. The lowest BCUT2D eigenvalue weighted by Crippen LogP contribution is -2.38. The number of halogens is 2. The van der Waals surface area contributed by atoms with Gasteiger partial charge in [-0.2, -0.15) is 0 Å². The molecule has 0 fully saturated rings. The third-order valence-electron chi connectivity index (χ3n) is 3.90. The maximum atomic E-state index is 13.0. The molecule has 0 aliphatic rings. The highest BCUT2D eigenvalue weighted by Gasteiger charge is 2.03. The topological polar surface area (TPSA) is 71.4 Å². The van der Waals surface area contributed by atoms with Gasteiger partial charge < -0.3 is 15.4 Å². The molecule has 0 saturated heterocycles.